The van der Waals surface area contributed by atoms with E-state index < -0.39 is 17.8 Å². The fraction of sp³-hybridized carbons (Fsp3) is 0.0556. The standard InChI is InChI=1S/C18H12Cl2N2O5/c1-27-14-7-9(6-13(20)15(14)23)5-12-16(24)21-18(26)22(17(12)25)11-4-2-3-10(19)8-11/h2-8,23H,1H3,(H,21,24,26). The zero-order valence-corrected chi connectivity index (χ0v) is 15.3. The average molecular weight is 407 g/mol. The molecule has 1 aliphatic rings. The van der Waals surface area contributed by atoms with Gasteiger partial charge in [0.1, 0.15) is 5.57 Å². The number of rotatable bonds is 3. The number of hydrogen-bond donors (Lipinski definition) is 2. The largest absolute Gasteiger partial charge is 0.503 e. The number of carbonyl (C=O) groups is 3. The van der Waals surface area contributed by atoms with Gasteiger partial charge in [0.05, 0.1) is 17.8 Å². The van der Waals surface area contributed by atoms with Crippen LogP contribution in [0.15, 0.2) is 42.0 Å². The van der Waals surface area contributed by atoms with Crippen LogP contribution in [-0.2, 0) is 9.59 Å². The van der Waals surface area contributed by atoms with E-state index in [1.54, 1.807) is 12.1 Å². The summed E-state index contributed by atoms with van der Waals surface area (Å²) in [5.41, 5.74) is 0.247. The van der Waals surface area contributed by atoms with E-state index in [9.17, 15) is 19.5 Å². The van der Waals surface area contributed by atoms with Crippen molar-refractivity contribution in [3.05, 3.63) is 57.6 Å². The first-order chi connectivity index (χ1) is 12.8. The molecule has 4 amide bonds. The van der Waals surface area contributed by atoms with Crippen molar-refractivity contribution in [3.8, 4) is 11.5 Å². The molecule has 2 aromatic carbocycles. The molecule has 0 spiro atoms. The predicted molar refractivity (Wildman–Crippen MR) is 100 cm³/mol. The number of benzene rings is 2. The van der Waals surface area contributed by atoms with Gasteiger partial charge in [-0.05, 0) is 42.0 Å². The zero-order chi connectivity index (χ0) is 19.7. The molecule has 0 aliphatic carbocycles. The first-order valence-corrected chi connectivity index (χ1v) is 8.31. The number of halogens is 2. The molecule has 9 heteroatoms. The maximum absolute atomic E-state index is 12.8. The van der Waals surface area contributed by atoms with E-state index in [1.165, 1.54) is 37.5 Å². The summed E-state index contributed by atoms with van der Waals surface area (Å²) in [7, 11) is 1.33. The topological polar surface area (TPSA) is 95.9 Å². The molecule has 138 valence electrons. The number of nitrogens with one attached hydrogen (secondary N) is 1. The zero-order valence-electron chi connectivity index (χ0n) is 13.8. The van der Waals surface area contributed by atoms with Crippen LogP contribution in [0.25, 0.3) is 6.08 Å². The number of anilines is 1. The number of nitrogens with zero attached hydrogens (tertiary/aromatic N) is 1. The summed E-state index contributed by atoms with van der Waals surface area (Å²) in [4.78, 5) is 37.9. The third-order valence-electron chi connectivity index (χ3n) is 3.75. The number of carbonyl (C=O) groups excluding carboxylic acids is 3. The van der Waals surface area contributed by atoms with Gasteiger partial charge in [0.25, 0.3) is 11.8 Å². The van der Waals surface area contributed by atoms with E-state index >= 15 is 0 Å². The molecular formula is C18H12Cl2N2O5. The third kappa shape index (κ3) is 3.60. The predicted octanol–water partition coefficient (Wildman–Crippen LogP) is 3.37. The highest BCUT2D eigenvalue weighted by molar-refractivity contribution is 6.39. The number of aromatic hydroxyl groups is 1. The number of ether oxygens (including phenoxy) is 1. The van der Waals surface area contributed by atoms with E-state index in [1.807, 2.05) is 0 Å². The Bertz CT molecular complexity index is 1000. The molecular weight excluding hydrogens is 395 g/mol. The van der Waals surface area contributed by atoms with Crippen LogP contribution in [-0.4, -0.2) is 30.1 Å². The molecule has 2 N–H and O–H groups in total. The molecule has 3 rings (SSSR count). The minimum atomic E-state index is -0.884. The van der Waals surface area contributed by atoms with Crippen molar-refractivity contribution in [3.63, 3.8) is 0 Å². The van der Waals surface area contributed by atoms with Crippen molar-refractivity contribution in [1.29, 1.82) is 0 Å². The first kappa shape index (κ1) is 18.8. The monoisotopic (exact) mass is 406 g/mol. The van der Waals surface area contributed by atoms with Crippen molar-refractivity contribution in [1.82, 2.24) is 5.32 Å². The third-order valence-corrected chi connectivity index (χ3v) is 4.27. The van der Waals surface area contributed by atoms with Crippen LogP contribution in [0.1, 0.15) is 5.56 Å². The summed E-state index contributed by atoms with van der Waals surface area (Å²) in [5, 5.41) is 12.2. The molecule has 2 aromatic rings. The second kappa shape index (κ2) is 7.30. The van der Waals surface area contributed by atoms with Crippen LogP contribution in [0.5, 0.6) is 11.5 Å². The van der Waals surface area contributed by atoms with Gasteiger partial charge < -0.3 is 9.84 Å². The summed E-state index contributed by atoms with van der Waals surface area (Å²) in [6, 6.07) is 7.96. The lowest BCUT2D eigenvalue weighted by molar-refractivity contribution is -0.122. The fourth-order valence-corrected chi connectivity index (χ4v) is 2.91. The molecule has 0 unspecified atom stereocenters. The van der Waals surface area contributed by atoms with E-state index in [-0.39, 0.29) is 27.8 Å². The Labute approximate surface area is 163 Å². The maximum Gasteiger partial charge on any atom is 0.335 e. The van der Waals surface area contributed by atoms with Crippen LogP contribution >= 0.6 is 23.2 Å². The van der Waals surface area contributed by atoms with Crippen molar-refractivity contribution in [2.75, 3.05) is 12.0 Å². The second-order valence-corrected chi connectivity index (χ2v) is 6.33. The lowest BCUT2D eigenvalue weighted by atomic mass is 10.1. The van der Waals surface area contributed by atoms with Crippen LogP contribution in [0.2, 0.25) is 10.0 Å². The van der Waals surface area contributed by atoms with E-state index in [4.69, 9.17) is 27.9 Å². The molecule has 1 aliphatic heterocycles. The summed E-state index contributed by atoms with van der Waals surface area (Å²) in [6.07, 6.45) is 1.25. The Kier molecular flexibility index (Phi) is 5.07. The van der Waals surface area contributed by atoms with Crippen molar-refractivity contribution >= 4 is 52.8 Å². The van der Waals surface area contributed by atoms with Gasteiger partial charge in [-0.3, -0.25) is 14.9 Å². The van der Waals surface area contributed by atoms with Crippen LogP contribution in [0, 0.1) is 0 Å². The highest BCUT2D eigenvalue weighted by atomic mass is 35.5. The van der Waals surface area contributed by atoms with Gasteiger partial charge in [0.2, 0.25) is 0 Å². The maximum atomic E-state index is 12.8. The van der Waals surface area contributed by atoms with Crippen molar-refractivity contribution < 1.29 is 24.2 Å². The minimum Gasteiger partial charge on any atom is -0.503 e. The molecule has 7 nitrogen and oxygen atoms in total. The number of methoxy groups -OCH3 is 1. The SMILES string of the molecule is COc1cc(C=C2C(=O)NC(=O)N(c3cccc(Cl)c3)C2=O)cc(Cl)c1O. The molecule has 0 radical (unpaired) electrons. The Morgan fingerprint density at radius 3 is 2.56 bits per heavy atom. The van der Waals surface area contributed by atoms with E-state index in [0.717, 1.165) is 4.90 Å². The van der Waals surface area contributed by atoms with Crippen LogP contribution in [0.3, 0.4) is 0 Å². The lowest BCUT2D eigenvalue weighted by Gasteiger charge is -2.26. The van der Waals surface area contributed by atoms with Gasteiger partial charge in [-0.15, -0.1) is 0 Å². The normalized spacial score (nSPS) is 15.9. The average Bonchev–Trinajstić information content (AvgIpc) is 2.61. The number of imide groups is 2. The Hall–Kier alpha value is -3.03. The molecule has 27 heavy (non-hydrogen) atoms. The van der Waals surface area contributed by atoms with Gasteiger partial charge >= 0.3 is 6.03 Å². The number of phenols is 1. The van der Waals surface area contributed by atoms with Gasteiger partial charge in [0, 0.05) is 5.02 Å². The minimum absolute atomic E-state index is 0.0207. The summed E-state index contributed by atoms with van der Waals surface area (Å²) in [5.74, 6) is -1.88. The second-order valence-electron chi connectivity index (χ2n) is 5.49. The summed E-state index contributed by atoms with van der Waals surface area (Å²) in [6.45, 7) is 0. The molecule has 0 saturated carbocycles. The molecule has 1 saturated heterocycles. The molecule has 0 atom stereocenters. The van der Waals surface area contributed by atoms with Gasteiger partial charge in [-0.1, -0.05) is 29.3 Å². The number of hydrogen-bond acceptors (Lipinski definition) is 5. The summed E-state index contributed by atoms with van der Waals surface area (Å²) < 4.78 is 5.00. The van der Waals surface area contributed by atoms with Gasteiger partial charge in [0.15, 0.2) is 11.5 Å². The van der Waals surface area contributed by atoms with Crippen LogP contribution < -0.4 is 15.0 Å². The van der Waals surface area contributed by atoms with Crippen LogP contribution in [0.4, 0.5) is 10.5 Å². The Balaban J connectivity index is 2.06. The Morgan fingerprint density at radius 1 is 1.15 bits per heavy atom. The molecule has 0 aromatic heterocycles. The number of amides is 4. The first-order valence-electron chi connectivity index (χ1n) is 7.55. The van der Waals surface area contributed by atoms with Gasteiger partial charge in [-0.25, -0.2) is 9.69 Å². The van der Waals surface area contributed by atoms with Gasteiger partial charge in [-0.2, -0.15) is 0 Å². The molecule has 0 bridgehead atoms. The Morgan fingerprint density at radius 2 is 1.89 bits per heavy atom. The highest BCUT2D eigenvalue weighted by Crippen LogP contribution is 2.36. The molecule has 1 heterocycles. The van der Waals surface area contributed by atoms with Crippen molar-refractivity contribution in [2.24, 2.45) is 0 Å². The quantitative estimate of drug-likeness (QED) is 0.601. The smallest absolute Gasteiger partial charge is 0.335 e. The number of barbiturate groups is 1. The van der Waals surface area contributed by atoms with E-state index in [0.29, 0.717) is 10.6 Å². The fourth-order valence-electron chi connectivity index (χ4n) is 2.51. The molecule has 1 fully saturated rings. The highest BCUT2D eigenvalue weighted by Gasteiger charge is 2.36. The summed E-state index contributed by atoms with van der Waals surface area (Å²) >= 11 is 11.8. The number of urea groups is 1. The lowest BCUT2D eigenvalue weighted by Crippen LogP contribution is -2.54. The van der Waals surface area contributed by atoms with E-state index in [2.05, 4.69) is 5.32 Å². The number of phenolic OH excluding ortho intramolecular Hbond substituents is 1. The van der Waals surface area contributed by atoms with Crippen molar-refractivity contribution in [2.45, 2.75) is 0 Å².